The van der Waals surface area contributed by atoms with Gasteiger partial charge in [0.25, 0.3) is 5.91 Å². The van der Waals surface area contributed by atoms with Crippen LogP contribution in [0.2, 0.25) is 0 Å². The van der Waals surface area contributed by atoms with Gasteiger partial charge < -0.3 is 19.7 Å². The van der Waals surface area contributed by atoms with Crippen molar-refractivity contribution in [2.75, 3.05) is 33.1 Å². The van der Waals surface area contributed by atoms with Crippen LogP contribution in [0, 0.1) is 5.82 Å². The van der Waals surface area contributed by atoms with E-state index in [1.807, 2.05) is 19.2 Å². The Labute approximate surface area is 154 Å². The highest BCUT2D eigenvalue weighted by Crippen LogP contribution is 2.32. The summed E-state index contributed by atoms with van der Waals surface area (Å²) in [6, 6.07) is 9.43. The number of carbonyl (C=O) groups excluding carboxylic acids is 1. The molecular formula is C18H21BrFN2O3+. The fourth-order valence-corrected chi connectivity index (χ4v) is 2.95. The third kappa shape index (κ3) is 5.44. The van der Waals surface area contributed by atoms with Crippen molar-refractivity contribution < 1.29 is 23.6 Å². The molecular weight excluding hydrogens is 391 g/mol. The normalized spacial score (nSPS) is 11.7. The molecule has 0 saturated carbocycles. The number of nitrogens with one attached hydrogen (secondary N) is 2. The van der Waals surface area contributed by atoms with E-state index in [1.165, 1.54) is 24.3 Å². The Morgan fingerprint density at radius 2 is 1.80 bits per heavy atom. The maximum atomic E-state index is 12.9. The van der Waals surface area contributed by atoms with Crippen LogP contribution in [0.5, 0.6) is 11.5 Å². The highest BCUT2D eigenvalue weighted by atomic mass is 79.9. The molecule has 2 aromatic rings. The second-order valence-corrected chi connectivity index (χ2v) is 6.52. The predicted octanol–water partition coefficient (Wildman–Crippen LogP) is 2.26. The summed E-state index contributed by atoms with van der Waals surface area (Å²) < 4.78 is 24.4. The lowest BCUT2D eigenvalue weighted by Crippen LogP contribution is -3.08. The zero-order valence-corrected chi connectivity index (χ0v) is 15.9. The topological polar surface area (TPSA) is 52.0 Å². The van der Waals surface area contributed by atoms with E-state index in [-0.39, 0.29) is 18.3 Å². The third-order valence-electron chi connectivity index (χ3n) is 3.64. The first-order valence-electron chi connectivity index (χ1n) is 7.70. The van der Waals surface area contributed by atoms with Gasteiger partial charge in [-0.05, 0) is 52.3 Å². The van der Waals surface area contributed by atoms with Gasteiger partial charge >= 0.3 is 0 Å². The summed E-state index contributed by atoms with van der Waals surface area (Å²) in [5.41, 5.74) is 1.51. The van der Waals surface area contributed by atoms with Gasteiger partial charge in [0.15, 0.2) is 6.54 Å². The molecule has 0 fully saturated rings. The molecule has 0 bridgehead atoms. The first kappa shape index (κ1) is 19.2. The van der Waals surface area contributed by atoms with E-state index in [1.54, 1.807) is 14.2 Å². The van der Waals surface area contributed by atoms with Crippen molar-refractivity contribution in [3.8, 4) is 11.5 Å². The van der Waals surface area contributed by atoms with E-state index in [9.17, 15) is 9.18 Å². The van der Waals surface area contributed by atoms with Crippen molar-refractivity contribution in [2.24, 2.45) is 0 Å². The molecule has 5 nitrogen and oxygen atoms in total. The molecule has 0 radical (unpaired) electrons. The summed E-state index contributed by atoms with van der Waals surface area (Å²) in [6.45, 7) is 0.850. The largest absolute Gasteiger partial charge is 0.496 e. The van der Waals surface area contributed by atoms with Crippen LogP contribution < -0.4 is 19.7 Å². The molecule has 0 aliphatic carbocycles. The molecule has 2 N–H and O–H groups in total. The van der Waals surface area contributed by atoms with Crippen LogP contribution in [0.3, 0.4) is 0 Å². The van der Waals surface area contributed by atoms with Gasteiger partial charge in [-0.25, -0.2) is 4.39 Å². The maximum absolute atomic E-state index is 12.9. The summed E-state index contributed by atoms with van der Waals surface area (Å²) in [4.78, 5) is 13.1. The second kappa shape index (κ2) is 8.82. The summed E-state index contributed by atoms with van der Waals surface area (Å²) in [5.74, 6) is 0.953. The van der Waals surface area contributed by atoms with Crippen LogP contribution in [0.4, 0.5) is 10.1 Å². The first-order chi connectivity index (χ1) is 11.9. The van der Waals surface area contributed by atoms with Crippen molar-refractivity contribution in [1.29, 1.82) is 0 Å². The molecule has 2 aromatic carbocycles. The molecule has 134 valence electrons. The van der Waals surface area contributed by atoms with E-state index in [0.29, 0.717) is 18.0 Å². The van der Waals surface area contributed by atoms with Crippen molar-refractivity contribution in [3.63, 3.8) is 0 Å². The Bertz CT molecular complexity index is 738. The van der Waals surface area contributed by atoms with E-state index in [2.05, 4.69) is 21.2 Å². The number of rotatable bonds is 7. The van der Waals surface area contributed by atoms with Gasteiger partial charge in [0.1, 0.15) is 23.9 Å². The average Bonchev–Trinajstić information content (AvgIpc) is 2.57. The van der Waals surface area contributed by atoms with Crippen molar-refractivity contribution in [1.82, 2.24) is 0 Å². The quantitative estimate of drug-likeness (QED) is 0.734. The van der Waals surface area contributed by atoms with Crippen LogP contribution in [-0.4, -0.2) is 33.7 Å². The molecule has 2 rings (SSSR count). The highest BCUT2D eigenvalue weighted by molar-refractivity contribution is 9.10. The number of benzene rings is 2. The summed E-state index contributed by atoms with van der Waals surface area (Å²) in [5, 5.41) is 2.76. The molecule has 25 heavy (non-hydrogen) atoms. The molecule has 1 atom stereocenters. The molecule has 7 heteroatoms. The number of quaternary nitrogens is 1. The van der Waals surface area contributed by atoms with E-state index >= 15 is 0 Å². The summed E-state index contributed by atoms with van der Waals surface area (Å²) in [7, 11) is 5.12. The molecule has 1 amide bonds. The minimum atomic E-state index is -0.336. The number of methoxy groups -OCH3 is 2. The Kier molecular flexibility index (Phi) is 6.78. The second-order valence-electron chi connectivity index (χ2n) is 5.66. The fraction of sp³-hybridized carbons (Fsp3) is 0.278. The average molecular weight is 412 g/mol. The zero-order chi connectivity index (χ0) is 18.4. The molecule has 0 spiro atoms. The smallest absolute Gasteiger partial charge is 0.279 e. The summed E-state index contributed by atoms with van der Waals surface area (Å²) in [6.07, 6.45) is 0. The van der Waals surface area contributed by atoms with Crippen LogP contribution >= 0.6 is 15.9 Å². The van der Waals surface area contributed by atoms with Gasteiger partial charge in [-0.15, -0.1) is 0 Å². The van der Waals surface area contributed by atoms with Gasteiger partial charge in [0.05, 0.1) is 31.3 Å². The van der Waals surface area contributed by atoms with Gasteiger partial charge in [0, 0.05) is 5.69 Å². The van der Waals surface area contributed by atoms with Crippen LogP contribution in [0.15, 0.2) is 40.9 Å². The number of hydrogen-bond acceptors (Lipinski definition) is 3. The third-order valence-corrected chi connectivity index (χ3v) is 4.26. The lowest BCUT2D eigenvalue weighted by molar-refractivity contribution is -0.885. The molecule has 0 saturated heterocycles. The number of hydrogen-bond donors (Lipinski definition) is 2. The maximum Gasteiger partial charge on any atom is 0.279 e. The standard InChI is InChI=1S/C18H20BrFN2O3/c1-22(11-18(23)21-14-6-4-13(20)5-7-14)10-12-8-17(25-3)15(19)9-16(12)24-2/h4-9H,10-11H2,1-3H3,(H,21,23)/p+1. The lowest BCUT2D eigenvalue weighted by Gasteiger charge is -2.17. The number of amides is 1. The minimum Gasteiger partial charge on any atom is -0.496 e. The SMILES string of the molecule is COc1cc(C[NH+](C)CC(=O)Nc2ccc(F)cc2)c(OC)cc1Br. The van der Waals surface area contributed by atoms with Gasteiger partial charge in [-0.3, -0.25) is 4.79 Å². The van der Waals surface area contributed by atoms with Crippen molar-refractivity contribution in [2.45, 2.75) is 6.54 Å². The highest BCUT2D eigenvalue weighted by Gasteiger charge is 2.16. The van der Waals surface area contributed by atoms with E-state index in [4.69, 9.17) is 9.47 Å². The van der Waals surface area contributed by atoms with Crippen LogP contribution in [-0.2, 0) is 11.3 Å². The van der Waals surface area contributed by atoms with Crippen molar-refractivity contribution >= 4 is 27.5 Å². The fourth-order valence-electron chi connectivity index (χ4n) is 2.46. The van der Waals surface area contributed by atoms with Crippen molar-refractivity contribution in [3.05, 3.63) is 52.3 Å². The number of likely N-dealkylation sites (N-methyl/N-ethyl adjacent to an activating group) is 1. The number of carbonyl (C=O) groups is 1. The van der Waals surface area contributed by atoms with E-state index < -0.39 is 0 Å². The first-order valence-corrected chi connectivity index (χ1v) is 8.49. The Hall–Kier alpha value is -2.12. The molecule has 0 aromatic heterocycles. The molecule has 0 aliphatic rings. The lowest BCUT2D eigenvalue weighted by atomic mass is 10.1. The summed E-state index contributed by atoms with van der Waals surface area (Å²) >= 11 is 3.43. The molecule has 0 aliphatic heterocycles. The Balaban J connectivity index is 2.00. The number of ether oxygens (including phenoxy) is 2. The molecule has 1 unspecified atom stereocenters. The van der Waals surface area contributed by atoms with Gasteiger partial charge in [-0.2, -0.15) is 0 Å². The number of anilines is 1. The van der Waals surface area contributed by atoms with Gasteiger partial charge in [0.2, 0.25) is 0 Å². The zero-order valence-electron chi connectivity index (χ0n) is 14.4. The Morgan fingerprint density at radius 3 is 2.40 bits per heavy atom. The van der Waals surface area contributed by atoms with E-state index in [0.717, 1.165) is 20.7 Å². The number of halogens is 2. The van der Waals surface area contributed by atoms with Crippen LogP contribution in [0.1, 0.15) is 5.56 Å². The monoisotopic (exact) mass is 411 g/mol. The minimum absolute atomic E-state index is 0.146. The molecule has 0 heterocycles. The van der Waals surface area contributed by atoms with Gasteiger partial charge in [-0.1, -0.05) is 0 Å². The Morgan fingerprint density at radius 1 is 1.16 bits per heavy atom. The van der Waals surface area contributed by atoms with Crippen LogP contribution in [0.25, 0.3) is 0 Å². The predicted molar refractivity (Wildman–Crippen MR) is 97.7 cm³/mol.